The van der Waals surface area contributed by atoms with E-state index >= 15 is 0 Å². The summed E-state index contributed by atoms with van der Waals surface area (Å²) in [6.45, 7) is 1.47. The van der Waals surface area contributed by atoms with E-state index in [4.69, 9.17) is 5.84 Å². The molecule has 1 amide bonds. The third kappa shape index (κ3) is 2.16. The smallest absolute Gasteiger partial charge is 0.221 e. The average Bonchev–Trinajstić information content (AvgIpc) is 2.60. The number of fused-ring (bicyclic) bond motifs is 1. The molecule has 5 nitrogen and oxygen atoms in total. The predicted molar refractivity (Wildman–Crippen MR) is 69.4 cm³/mol. The number of rotatable bonds is 2. The summed E-state index contributed by atoms with van der Waals surface area (Å²) in [5.74, 6) is 5.19. The zero-order chi connectivity index (χ0) is 11.7. The van der Waals surface area contributed by atoms with Crippen LogP contribution in [0.5, 0.6) is 0 Å². The van der Waals surface area contributed by atoms with Crippen LogP contribution in [-0.4, -0.2) is 10.9 Å². The molecule has 0 fully saturated rings. The van der Waals surface area contributed by atoms with E-state index in [1.807, 2.05) is 12.1 Å². The minimum Gasteiger partial charge on any atom is -0.326 e. The van der Waals surface area contributed by atoms with Crippen molar-refractivity contribution in [3.8, 4) is 0 Å². The molecule has 0 atom stereocenters. The molecule has 1 heterocycles. The maximum Gasteiger partial charge on any atom is 0.221 e. The second-order valence-corrected chi connectivity index (χ2v) is 5.03. The number of hydrogen-bond donors (Lipinski definition) is 3. The molecule has 84 valence electrons. The topological polar surface area (TPSA) is 80.0 Å². The Labute approximate surface area is 104 Å². The molecule has 0 radical (unpaired) electrons. The van der Waals surface area contributed by atoms with Crippen LogP contribution in [0.15, 0.2) is 16.6 Å². The van der Waals surface area contributed by atoms with Crippen LogP contribution < -0.4 is 16.6 Å². The standard InChI is InChI=1S/C9H9BrN4OS/c1-4(15)12-5-2-6(10)8-7(3-5)16-9(13-8)14-11/h2-3H,11H2,1H3,(H,12,15)(H,13,14). The molecule has 0 aliphatic carbocycles. The fourth-order valence-electron chi connectivity index (χ4n) is 1.33. The summed E-state index contributed by atoms with van der Waals surface area (Å²) in [6, 6.07) is 3.67. The number of nitrogens with two attached hydrogens (primary N) is 1. The number of hydrazine groups is 1. The van der Waals surface area contributed by atoms with E-state index in [0.29, 0.717) is 5.13 Å². The molecular formula is C9H9BrN4OS. The zero-order valence-corrected chi connectivity index (χ0v) is 10.8. The Morgan fingerprint density at radius 1 is 1.56 bits per heavy atom. The van der Waals surface area contributed by atoms with Gasteiger partial charge < -0.3 is 5.32 Å². The molecule has 0 bridgehead atoms. The van der Waals surface area contributed by atoms with Gasteiger partial charge in [-0.15, -0.1) is 0 Å². The molecule has 4 N–H and O–H groups in total. The lowest BCUT2D eigenvalue weighted by Crippen LogP contribution is -2.05. The Hall–Kier alpha value is -1.18. The molecule has 1 aromatic heterocycles. The van der Waals surface area contributed by atoms with Crippen LogP contribution in [-0.2, 0) is 4.79 Å². The number of hydrogen-bond acceptors (Lipinski definition) is 5. The number of aromatic nitrogens is 1. The SMILES string of the molecule is CC(=O)Nc1cc(Br)c2nc(NN)sc2c1. The molecular weight excluding hydrogens is 292 g/mol. The third-order valence-corrected chi connectivity index (χ3v) is 3.43. The lowest BCUT2D eigenvalue weighted by molar-refractivity contribution is -0.114. The van der Waals surface area contributed by atoms with Gasteiger partial charge in [0.15, 0.2) is 5.13 Å². The number of benzene rings is 1. The van der Waals surface area contributed by atoms with Gasteiger partial charge in [0, 0.05) is 17.1 Å². The van der Waals surface area contributed by atoms with Crippen molar-refractivity contribution in [2.75, 3.05) is 10.7 Å². The number of anilines is 2. The number of halogens is 1. The van der Waals surface area contributed by atoms with Crippen LogP contribution in [0.2, 0.25) is 0 Å². The van der Waals surface area contributed by atoms with Crippen molar-refractivity contribution in [2.24, 2.45) is 5.84 Å². The Kier molecular flexibility index (Phi) is 3.08. The van der Waals surface area contributed by atoms with Gasteiger partial charge in [0.25, 0.3) is 0 Å². The Balaban J connectivity index is 2.52. The van der Waals surface area contributed by atoms with Crippen LogP contribution in [0.25, 0.3) is 10.2 Å². The molecule has 1 aromatic carbocycles. The van der Waals surface area contributed by atoms with Gasteiger partial charge in [-0.05, 0) is 28.1 Å². The van der Waals surface area contributed by atoms with Gasteiger partial charge in [0.05, 0.1) is 10.2 Å². The minimum atomic E-state index is -0.104. The first kappa shape index (κ1) is 11.3. The summed E-state index contributed by atoms with van der Waals surface area (Å²) in [5, 5.41) is 3.36. The number of nitrogen functional groups attached to an aromatic ring is 1. The summed E-state index contributed by atoms with van der Waals surface area (Å²) in [7, 11) is 0. The van der Waals surface area contributed by atoms with Crippen molar-refractivity contribution in [3.05, 3.63) is 16.6 Å². The maximum atomic E-state index is 11.0. The summed E-state index contributed by atoms with van der Waals surface area (Å²) in [6.07, 6.45) is 0. The van der Waals surface area contributed by atoms with Crippen molar-refractivity contribution in [2.45, 2.75) is 6.92 Å². The van der Waals surface area contributed by atoms with E-state index in [1.54, 1.807) is 0 Å². The van der Waals surface area contributed by atoms with Crippen molar-refractivity contribution in [3.63, 3.8) is 0 Å². The number of carbonyl (C=O) groups excluding carboxylic acids is 1. The molecule has 0 aliphatic heterocycles. The highest BCUT2D eigenvalue weighted by Gasteiger charge is 2.08. The molecule has 0 saturated carbocycles. The normalized spacial score (nSPS) is 10.4. The largest absolute Gasteiger partial charge is 0.326 e. The van der Waals surface area contributed by atoms with E-state index in [1.165, 1.54) is 18.3 Å². The van der Waals surface area contributed by atoms with Gasteiger partial charge in [-0.25, -0.2) is 10.8 Å². The summed E-state index contributed by atoms with van der Waals surface area (Å²) < 4.78 is 1.78. The van der Waals surface area contributed by atoms with Crippen molar-refractivity contribution in [1.29, 1.82) is 0 Å². The van der Waals surface area contributed by atoms with E-state index < -0.39 is 0 Å². The van der Waals surface area contributed by atoms with Gasteiger partial charge in [0.2, 0.25) is 5.91 Å². The van der Waals surface area contributed by atoms with Gasteiger partial charge in [0.1, 0.15) is 0 Å². The average molecular weight is 301 g/mol. The zero-order valence-electron chi connectivity index (χ0n) is 8.37. The second kappa shape index (κ2) is 4.36. The number of carbonyl (C=O) groups is 1. The molecule has 0 aliphatic rings. The molecule has 0 unspecified atom stereocenters. The maximum absolute atomic E-state index is 11.0. The number of nitrogens with zero attached hydrogens (tertiary/aromatic N) is 1. The highest BCUT2D eigenvalue weighted by Crippen LogP contribution is 2.33. The van der Waals surface area contributed by atoms with Gasteiger partial charge in [-0.3, -0.25) is 10.2 Å². The lowest BCUT2D eigenvalue weighted by Gasteiger charge is -2.02. The van der Waals surface area contributed by atoms with E-state index in [0.717, 1.165) is 20.4 Å². The van der Waals surface area contributed by atoms with Gasteiger partial charge in [-0.1, -0.05) is 11.3 Å². The highest BCUT2D eigenvalue weighted by molar-refractivity contribution is 9.10. The number of amides is 1. The monoisotopic (exact) mass is 300 g/mol. The van der Waals surface area contributed by atoms with Crippen molar-refractivity contribution in [1.82, 2.24) is 4.98 Å². The number of nitrogens with one attached hydrogen (secondary N) is 2. The molecule has 2 rings (SSSR count). The summed E-state index contributed by atoms with van der Waals surface area (Å²) in [5.41, 5.74) is 4.06. The summed E-state index contributed by atoms with van der Waals surface area (Å²) in [4.78, 5) is 15.2. The number of thiazole rings is 1. The molecule has 0 saturated heterocycles. The lowest BCUT2D eigenvalue weighted by atomic mass is 10.3. The van der Waals surface area contributed by atoms with E-state index in [9.17, 15) is 4.79 Å². The minimum absolute atomic E-state index is 0.104. The first-order valence-corrected chi connectivity index (χ1v) is 6.05. The predicted octanol–water partition coefficient (Wildman–Crippen LogP) is 2.30. The Morgan fingerprint density at radius 3 is 2.94 bits per heavy atom. The first-order chi connectivity index (χ1) is 7.60. The fourth-order valence-corrected chi connectivity index (χ4v) is 2.85. The first-order valence-electron chi connectivity index (χ1n) is 4.44. The van der Waals surface area contributed by atoms with Crippen LogP contribution in [0.1, 0.15) is 6.92 Å². The van der Waals surface area contributed by atoms with E-state index in [2.05, 4.69) is 31.7 Å². The molecule has 16 heavy (non-hydrogen) atoms. The Bertz CT molecular complexity index is 554. The molecule has 0 spiro atoms. The van der Waals surface area contributed by atoms with Gasteiger partial charge in [-0.2, -0.15) is 0 Å². The van der Waals surface area contributed by atoms with Crippen LogP contribution >= 0.6 is 27.3 Å². The van der Waals surface area contributed by atoms with E-state index in [-0.39, 0.29) is 5.91 Å². The Morgan fingerprint density at radius 2 is 2.31 bits per heavy atom. The fraction of sp³-hybridized carbons (Fsp3) is 0.111. The van der Waals surface area contributed by atoms with Crippen molar-refractivity contribution >= 4 is 54.2 Å². The third-order valence-electron chi connectivity index (χ3n) is 1.89. The second-order valence-electron chi connectivity index (χ2n) is 3.15. The quantitative estimate of drug-likeness (QED) is 0.587. The molecule has 7 heteroatoms. The highest BCUT2D eigenvalue weighted by atomic mass is 79.9. The van der Waals surface area contributed by atoms with Crippen LogP contribution in [0.3, 0.4) is 0 Å². The molecule has 2 aromatic rings. The van der Waals surface area contributed by atoms with Crippen LogP contribution in [0, 0.1) is 0 Å². The van der Waals surface area contributed by atoms with Crippen molar-refractivity contribution < 1.29 is 4.79 Å². The van der Waals surface area contributed by atoms with Gasteiger partial charge >= 0.3 is 0 Å². The summed E-state index contributed by atoms with van der Waals surface area (Å²) >= 11 is 4.83. The van der Waals surface area contributed by atoms with Crippen LogP contribution in [0.4, 0.5) is 10.8 Å².